The normalized spacial score (nSPS) is 20.0. The van der Waals surface area contributed by atoms with Crippen LogP contribution in [0.2, 0.25) is 0 Å². The number of benzene rings is 1. The molecule has 0 aromatic heterocycles. The Morgan fingerprint density at radius 3 is 2.60 bits per heavy atom. The van der Waals surface area contributed by atoms with Gasteiger partial charge in [0.1, 0.15) is 11.5 Å². The minimum Gasteiger partial charge on any atom is -0.497 e. The zero-order valence-electron chi connectivity index (χ0n) is 15.5. The van der Waals surface area contributed by atoms with Gasteiger partial charge in [0.05, 0.1) is 25.2 Å². The molecule has 0 radical (unpaired) electrons. The Morgan fingerprint density at radius 2 is 2.04 bits per heavy atom. The van der Waals surface area contributed by atoms with Crippen molar-refractivity contribution in [3.63, 3.8) is 0 Å². The van der Waals surface area contributed by atoms with Gasteiger partial charge in [-0.25, -0.2) is 0 Å². The molecule has 1 aliphatic heterocycles. The van der Waals surface area contributed by atoms with Gasteiger partial charge in [0.15, 0.2) is 0 Å². The number of hydrogen-bond donors (Lipinski definition) is 1. The molecule has 1 fully saturated rings. The number of nitrogens with two attached hydrogens (primary N) is 1. The van der Waals surface area contributed by atoms with E-state index in [0.29, 0.717) is 42.7 Å². The summed E-state index contributed by atoms with van der Waals surface area (Å²) in [6.07, 6.45) is 0.898. The monoisotopic (exact) mass is 348 g/mol. The molecule has 6 heteroatoms. The van der Waals surface area contributed by atoms with Gasteiger partial charge in [0.25, 0.3) is 5.91 Å². The molecule has 2 amide bonds. The highest BCUT2D eigenvalue weighted by molar-refractivity contribution is 5.97. The highest BCUT2D eigenvalue weighted by atomic mass is 16.5. The summed E-state index contributed by atoms with van der Waals surface area (Å²) in [5.74, 6) is 0.933. The zero-order chi connectivity index (χ0) is 18.6. The number of carbonyl (C=O) groups excluding carboxylic acids is 2. The van der Waals surface area contributed by atoms with Crippen LogP contribution in [-0.2, 0) is 4.79 Å². The van der Waals surface area contributed by atoms with Crippen molar-refractivity contribution in [3.8, 4) is 11.5 Å². The third-order valence-corrected chi connectivity index (χ3v) is 4.64. The van der Waals surface area contributed by atoms with Gasteiger partial charge in [0.2, 0.25) is 5.91 Å². The van der Waals surface area contributed by atoms with Crippen LogP contribution in [0.25, 0.3) is 0 Å². The van der Waals surface area contributed by atoms with E-state index < -0.39 is 0 Å². The first kappa shape index (κ1) is 19.1. The van der Waals surface area contributed by atoms with Crippen LogP contribution in [-0.4, -0.2) is 43.5 Å². The third-order valence-electron chi connectivity index (χ3n) is 4.64. The van der Waals surface area contributed by atoms with Crippen molar-refractivity contribution >= 4 is 11.8 Å². The summed E-state index contributed by atoms with van der Waals surface area (Å²) in [5, 5.41) is 0. The highest BCUT2D eigenvalue weighted by Crippen LogP contribution is 2.30. The third kappa shape index (κ3) is 4.65. The highest BCUT2D eigenvalue weighted by Gasteiger charge is 2.36. The first-order chi connectivity index (χ1) is 11.8. The molecule has 0 unspecified atom stereocenters. The van der Waals surface area contributed by atoms with Gasteiger partial charge in [-0.3, -0.25) is 9.59 Å². The predicted octanol–water partition coefficient (Wildman–Crippen LogP) is 2.31. The fraction of sp³-hybridized carbons (Fsp3) is 0.579. The minimum absolute atomic E-state index is 0.0602. The molecule has 2 N–H and O–H groups in total. The predicted molar refractivity (Wildman–Crippen MR) is 95.7 cm³/mol. The van der Waals surface area contributed by atoms with E-state index in [0.717, 1.165) is 6.42 Å². The molecule has 138 valence electrons. The Labute approximate surface area is 149 Å². The molecule has 25 heavy (non-hydrogen) atoms. The van der Waals surface area contributed by atoms with Crippen LogP contribution in [0.3, 0.4) is 0 Å². The summed E-state index contributed by atoms with van der Waals surface area (Å²) in [6, 6.07) is 5.19. The summed E-state index contributed by atoms with van der Waals surface area (Å²) in [4.78, 5) is 26.1. The zero-order valence-corrected chi connectivity index (χ0v) is 15.5. The number of likely N-dealkylation sites (tertiary alicyclic amines) is 1. The lowest BCUT2D eigenvalue weighted by molar-refractivity contribution is -0.122. The summed E-state index contributed by atoms with van der Waals surface area (Å²) in [6.45, 7) is 7.59. The molecular weight excluding hydrogens is 320 g/mol. The molecule has 1 aromatic rings. The summed E-state index contributed by atoms with van der Waals surface area (Å²) in [7, 11) is 1.58. The van der Waals surface area contributed by atoms with Gasteiger partial charge in [-0.05, 0) is 30.4 Å². The van der Waals surface area contributed by atoms with Crippen molar-refractivity contribution in [3.05, 3.63) is 23.8 Å². The first-order valence-corrected chi connectivity index (χ1v) is 8.72. The molecule has 1 saturated heterocycles. The molecule has 1 heterocycles. The maximum atomic E-state index is 12.9. The second-order valence-corrected chi connectivity index (χ2v) is 7.09. The topological polar surface area (TPSA) is 81.9 Å². The van der Waals surface area contributed by atoms with Crippen LogP contribution in [0.1, 0.15) is 37.6 Å². The quantitative estimate of drug-likeness (QED) is 0.820. The standard InChI is InChI=1S/C19H28N2O4/c1-12(2)7-8-25-17-9-14(24-4)5-6-15(17)19(23)21-10-13(3)16(11-21)18(20)22/h5-6,9,12-13,16H,7-8,10-11H2,1-4H3,(H2,20,22)/t13-,16-/m1/s1. The number of hydrogen-bond acceptors (Lipinski definition) is 4. The van der Waals surface area contributed by atoms with Crippen molar-refractivity contribution < 1.29 is 19.1 Å². The van der Waals surface area contributed by atoms with E-state index >= 15 is 0 Å². The van der Waals surface area contributed by atoms with Crippen molar-refractivity contribution in [2.24, 2.45) is 23.5 Å². The van der Waals surface area contributed by atoms with Crippen molar-refractivity contribution in [1.29, 1.82) is 0 Å². The molecule has 0 bridgehead atoms. The van der Waals surface area contributed by atoms with Crippen molar-refractivity contribution in [1.82, 2.24) is 4.90 Å². The van der Waals surface area contributed by atoms with E-state index in [2.05, 4.69) is 13.8 Å². The summed E-state index contributed by atoms with van der Waals surface area (Å²) in [5.41, 5.74) is 5.92. The SMILES string of the molecule is COc1ccc(C(=O)N2C[C@@H](C)[C@H](C(N)=O)C2)c(OCCC(C)C)c1. The number of rotatable bonds is 7. The van der Waals surface area contributed by atoms with Crippen LogP contribution in [0, 0.1) is 17.8 Å². The fourth-order valence-electron chi connectivity index (χ4n) is 3.00. The van der Waals surface area contributed by atoms with Crippen LogP contribution in [0.15, 0.2) is 18.2 Å². The number of nitrogens with zero attached hydrogens (tertiary/aromatic N) is 1. The van der Waals surface area contributed by atoms with Gasteiger partial charge in [-0.2, -0.15) is 0 Å². The molecule has 2 rings (SSSR count). The lowest BCUT2D eigenvalue weighted by Gasteiger charge is -2.19. The van der Waals surface area contributed by atoms with E-state index in [1.807, 2.05) is 6.92 Å². The molecule has 0 spiro atoms. The Bertz CT molecular complexity index is 630. The van der Waals surface area contributed by atoms with Gasteiger partial charge >= 0.3 is 0 Å². The number of carbonyl (C=O) groups is 2. The average molecular weight is 348 g/mol. The molecule has 6 nitrogen and oxygen atoms in total. The molecule has 0 saturated carbocycles. The second-order valence-electron chi connectivity index (χ2n) is 7.09. The lowest BCUT2D eigenvalue weighted by Crippen LogP contribution is -2.32. The van der Waals surface area contributed by atoms with E-state index in [-0.39, 0.29) is 23.7 Å². The largest absolute Gasteiger partial charge is 0.497 e. The van der Waals surface area contributed by atoms with E-state index in [4.69, 9.17) is 15.2 Å². The maximum Gasteiger partial charge on any atom is 0.257 e. The number of methoxy groups -OCH3 is 1. The number of ether oxygens (including phenoxy) is 2. The van der Waals surface area contributed by atoms with E-state index in [1.54, 1.807) is 30.2 Å². The molecular formula is C19H28N2O4. The Morgan fingerprint density at radius 1 is 1.32 bits per heavy atom. The van der Waals surface area contributed by atoms with Gasteiger partial charge in [-0.15, -0.1) is 0 Å². The fourth-order valence-corrected chi connectivity index (χ4v) is 3.00. The first-order valence-electron chi connectivity index (χ1n) is 8.72. The Balaban J connectivity index is 2.19. The molecule has 1 aromatic carbocycles. The van der Waals surface area contributed by atoms with Crippen molar-refractivity contribution in [2.75, 3.05) is 26.8 Å². The second kappa shape index (κ2) is 8.23. The molecule has 0 aliphatic carbocycles. The number of amides is 2. The maximum absolute atomic E-state index is 12.9. The lowest BCUT2D eigenvalue weighted by atomic mass is 9.98. The number of primary amides is 1. The molecule has 1 aliphatic rings. The van der Waals surface area contributed by atoms with E-state index in [1.165, 1.54) is 0 Å². The van der Waals surface area contributed by atoms with Crippen molar-refractivity contribution in [2.45, 2.75) is 27.2 Å². The molecule has 2 atom stereocenters. The van der Waals surface area contributed by atoms with Gasteiger partial charge in [-0.1, -0.05) is 20.8 Å². The van der Waals surface area contributed by atoms with Crippen LogP contribution in [0.4, 0.5) is 0 Å². The summed E-state index contributed by atoms with van der Waals surface area (Å²) < 4.78 is 11.1. The minimum atomic E-state index is -0.356. The summed E-state index contributed by atoms with van der Waals surface area (Å²) >= 11 is 0. The Kier molecular flexibility index (Phi) is 6.28. The van der Waals surface area contributed by atoms with Gasteiger partial charge < -0.3 is 20.1 Å². The van der Waals surface area contributed by atoms with Crippen LogP contribution >= 0.6 is 0 Å². The average Bonchev–Trinajstić information content (AvgIpc) is 2.96. The smallest absolute Gasteiger partial charge is 0.257 e. The Hall–Kier alpha value is -2.24. The van der Waals surface area contributed by atoms with Gasteiger partial charge in [0, 0.05) is 19.2 Å². The van der Waals surface area contributed by atoms with Crippen LogP contribution < -0.4 is 15.2 Å². The van der Waals surface area contributed by atoms with E-state index in [9.17, 15) is 9.59 Å². The van der Waals surface area contributed by atoms with Crippen LogP contribution in [0.5, 0.6) is 11.5 Å².